The molecule has 0 aliphatic carbocycles. The lowest BCUT2D eigenvalue weighted by Gasteiger charge is -2.11. The molecule has 0 spiro atoms. The first kappa shape index (κ1) is 19.1. The quantitative estimate of drug-likeness (QED) is 0.250. The Morgan fingerprint density at radius 1 is 0.960 bits per heavy atom. The fraction of sp³-hybridized carbons (Fsp3) is 0.235. The molecule has 0 aliphatic heterocycles. The molecule has 2 aromatic carbocycles. The molecule has 0 radical (unpaired) electrons. The minimum absolute atomic E-state index is 0.179. The minimum atomic E-state index is -0.466. The largest absolute Gasteiger partial charge is 0.504 e. The van der Waals surface area contributed by atoms with Crippen molar-refractivity contribution >= 4 is 29.5 Å². The summed E-state index contributed by atoms with van der Waals surface area (Å²) in [5.74, 6) is -0.693. The first-order valence-corrected chi connectivity index (χ1v) is 9.23. The molecule has 134 valence electrons. The summed E-state index contributed by atoms with van der Waals surface area (Å²) in [5.41, 5.74) is 0. The number of hydrogen-bond donors (Lipinski definition) is 4. The number of rotatable bonds is 7. The van der Waals surface area contributed by atoms with E-state index in [4.69, 9.17) is 4.74 Å². The van der Waals surface area contributed by atoms with Crippen LogP contribution in [0, 0.1) is 0 Å². The van der Waals surface area contributed by atoms with Gasteiger partial charge in [-0.05, 0) is 43.3 Å². The molecule has 0 fully saturated rings. The van der Waals surface area contributed by atoms with Crippen molar-refractivity contribution in [2.45, 2.75) is 22.0 Å². The van der Waals surface area contributed by atoms with Crippen LogP contribution in [0.2, 0.25) is 0 Å². The SMILES string of the molecule is CC(Sc1ccc(O)c(O)c1)C(=O)OCCSc1ccc(O)c(O)c1. The van der Waals surface area contributed by atoms with Crippen molar-refractivity contribution in [3.63, 3.8) is 0 Å². The zero-order chi connectivity index (χ0) is 18.4. The van der Waals surface area contributed by atoms with Gasteiger partial charge < -0.3 is 25.2 Å². The van der Waals surface area contributed by atoms with Crippen molar-refractivity contribution < 1.29 is 30.0 Å². The highest BCUT2D eigenvalue weighted by Crippen LogP contribution is 2.32. The average molecular weight is 382 g/mol. The molecule has 0 aromatic heterocycles. The Morgan fingerprint density at radius 3 is 2.12 bits per heavy atom. The number of phenolic OH excluding ortho intramolecular Hbond substituents is 4. The summed E-state index contributed by atoms with van der Waals surface area (Å²) in [6.45, 7) is 1.90. The van der Waals surface area contributed by atoms with Crippen molar-refractivity contribution in [2.75, 3.05) is 12.4 Å². The molecule has 2 aromatic rings. The summed E-state index contributed by atoms with van der Waals surface area (Å²) < 4.78 is 5.20. The van der Waals surface area contributed by atoms with Gasteiger partial charge in [0, 0.05) is 15.5 Å². The first-order valence-electron chi connectivity index (χ1n) is 7.37. The van der Waals surface area contributed by atoms with E-state index in [2.05, 4.69) is 0 Å². The smallest absolute Gasteiger partial charge is 0.319 e. The number of hydrogen-bond acceptors (Lipinski definition) is 8. The fourth-order valence-corrected chi connectivity index (χ4v) is 3.50. The lowest BCUT2D eigenvalue weighted by molar-refractivity contribution is -0.141. The number of carbonyl (C=O) groups is 1. The Morgan fingerprint density at radius 2 is 1.52 bits per heavy atom. The lowest BCUT2D eigenvalue weighted by atomic mass is 10.3. The molecule has 4 N–H and O–H groups in total. The van der Waals surface area contributed by atoms with Crippen LogP contribution in [0.3, 0.4) is 0 Å². The molecular formula is C17H18O6S2. The van der Waals surface area contributed by atoms with Crippen molar-refractivity contribution in [3.05, 3.63) is 36.4 Å². The molecule has 2 rings (SSSR count). The van der Waals surface area contributed by atoms with E-state index < -0.39 is 5.25 Å². The van der Waals surface area contributed by atoms with E-state index in [1.807, 2.05) is 0 Å². The van der Waals surface area contributed by atoms with Crippen LogP contribution in [0.25, 0.3) is 0 Å². The molecule has 0 aliphatic rings. The van der Waals surface area contributed by atoms with E-state index >= 15 is 0 Å². The third-order valence-electron chi connectivity index (χ3n) is 3.13. The van der Waals surface area contributed by atoms with Crippen LogP contribution in [0.1, 0.15) is 6.92 Å². The summed E-state index contributed by atoms with van der Waals surface area (Å²) in [7, 11) is 0. The zero-order valence-corrected chi connectivity index (χ0v) is 15.0. The lowest BCUT2D eigenvalue weighted by Crippen LogP contribution is -2.18. The third kappa shape index (κ3) is 5.68. The minimum Gasteiger partial charge on any atom is -0.504 e. The summed E-state index contributed by atoms with van der Waals surface area (Å²) in [4.78, 5) is 13.4. The van der Waals surface area contributed by atoms with E-state index in [-0.39, 0.29) is 35.6 Å². The van der Waals surface area contributed by atoms with E-state index in [9.17, 15) is 25.2 Å². The summed E-state index contributed by atoms with van der Waals surface area (Å²) in [6.07, 6.45) is 0. The number of thioether (sulfide) groups is 2. The van der Waals surface area contributed by atoms with Crippen LogP contribution in [0.15, 0.2) is 46.2 Å². The van der Waals surface area contributed by atoms with Crippen LogP contribution in [0.4, 0.5) is 0 Å². The highest BCUT2D eigenvalue weighted by molar-refractivity contribution is 8.00. The van der Waals surface area contributed by atoms with Gasteiger partial charge in [-0.15, -0.1) is 23.5 Å². The molecule has 8 heteroatoms. The fourth-order valence-electron chi connectivity index (χ4n) is 1.84. The molecule has 0 saturated heterocycles. The maximum absolute atomic E-state index is 12.0. The second kappa shape index (κ2) is 8.77. The Kier molecular flexibility index (Phi) is 6.72. The van der Waals surface area contributed by atoms with Crippen molar-refractivity contribution in [3.8, 4) is 23.0 Å². The van der Waals surface area contributed by atoms with Crippen molar-refractivity contribution in [1.29, 1.82) is 0 Å². The van der Waals surface area contributed by atoms with Crippen LogP contribution in [-0.2, 0) is 9.53 Å². The topological polar surface area (TPSA) is 107 Å². The monoisotopic (exact) mass is 382 g/mol. The van der Waals surface area contributed by atoms with E-state index in [1.54, 1.807) is 19.1 Å². The summed E-state index contributed by atoms with van der Waals surface area (Å²) >= 11 is 2.61. The highest BCUT2D eigenvalue weighted by Gasteiger charge is 2.16. The molecule has 1 atom stereocenters. The molecule has 25 heavy (non-hydrogen) atoms. The highest BCUT2D eigenvalue weighted by atomic mass is 32.2. The first-order chi connectivity index (χ1) is 11.9. The van der Waals surface area contributed by atoms with Gasteiger partial charge in [0.05, 0.1) is 0 Å². The van der Waals surface area contributed by atoms with Gasteiger partial charge in [-0.2, -0.15) is 0 Å². The number of aromatic hydroxyl groups is 4. The Bertz CT molecular complexity index is 750. The average Bonchev–Trinajstić information content (AvgIpc) is 2.58. The Balaban J connectivity index is 1.75. The van der Waals surface area contributed by atoms with Gasteiger partial charge in [-0.25, -0.2) is 0 Å². The molecule has 6 nitrogen and oxygen atoms in total. The number of phenols is 4. The van der Waals surface area contributed by atoms with Gasteiger partial charge in [0.1, 0.15) is 11.9 Å². The van der Waals surface area contributed by atoms with E-state index in [0.717, 1.165) is 4.90 Å². The van der Waals surface area contributed by atoms with Gasteiger partial charge in [0.15, 0.2) is 23.0 Å². The van der Waals surface area contributed by atoms with Gasteiger partial charge >= 0.3 is 5.97 Å². The number of carbonyl (C=O) groups excluding carboxylic acids is 1. The van der Waals surface area contributed by atoms with Crippen molar-refractivity contribution in [2.24, 2.45) is 0 Å². The molecular weight excluding hydrogens is 364 g/mol. The number of ether oxygens (including phenoxy) is 1. The second-order valence-electron chi connectivity index (χ2n) is 5.08. The normalized spacial score (nSPS) is 11.9. The standard InChI is InChI=1S/C17H18O6S2/c1-10(25-12-3-5-14(19)16(21)9-12)17(22)23-6-7-24-11-2-4-13(18)15(20)8-11/h2-5,8-10,18-21H,6-7H2,1H3. The molecule has 0 saturated carbocycles. The predicted molar refractivity (Wildman–Crippen MR) is 96.5 cm³/mol. The van der Waals surface area contributed by atoms with E-state index in [1.165, 1.54) is 47.8 Å². The van der Waals surface area contributed by atoms with Gasteiger partial charge in [-0.1, -0.05) is 0 Å². The van der Waals surface area contributed by atoms with Crippen LogP contribution in [0.5, 0.6) is 23.0 Å². The maximum atomic E-state index is 12.0. The maximum Gasteiger partial charge on any atom is 0.319 e. The van der Waals surface area contributed by atoms with Crippen LogP contribution >= 0.6 is 23.5 Å². The third-order valence-corrected chi connectivity index (χ3v) is 5.17. The molecule has 0 heterocycles. The summed E-state index contributed by atoms with van der Waals surface area (Å²) in [5, 5.41) is 36.9. The van der Waals surface area contributed by atoms with Gasteiger partial charge in [0.2, 0.25) is 0 Å². The predicted octanol–water partition coefficient (Wildman–Crippen LogP) is 3.33. The number of esters is 1. The molecule has 1 unspecified atom stereocenters. The molecule has 0 amide bonds. The van der Waals surface area contributed by atoms with E-state index in [0.29, 0.717) is 10.6 Å². The van der Waals surface area contributed by atoms with Crippen molar-refractivity contribution in [1.82, 2.24) is 0 Å². The second-order valence-corrected chi connectivity index (χ2v) is 7.66. The Labute approximate surface area is 153 Å². The van der Waals surface area contributed by atoms with Gasteiger partial charge in [0.25, 0.3) is 0 Å². The Hall–Kier alpha value is -2.19. The number of benzene rings is 2. The summed E-state index contributed by atoms with van der Waals surface area (Å²) in [6, 6.07) is 8.86. The van der Waals surface area contributed by atoms with Crippen LogP contribution in [-0.4, -0.2) is 44.0 Å². The molecule has 0 bridgehead atoms. The zero-order valence-electron chi connectivity index (χ0n) is 13.4. The van der Waals surface area contributed by atoms with Crippen LogP contribution < -0.4 is 0 Å². The van der Waals surface area contributed by atoms with Gasteiger partial charge in [-0.3, -0.25) is 4.79 Å².